The minimum Gasteiger partial charge on any atom is -0.497 e. The smallest absolute Gasteiger partial charge is 0.251 e. The molecule has 0 atom stereocenters. The maximum atomic E-state index is 11.8. The van der Waals surface area contributed by atoms with Gasteiger partial charge in [0.05, 0.1) is 7.11 Å². The molecule has 7 nitrogen and oxygen atoms in total. The van der Waals surface area contributed by atoms with Crippen molar-refractivity contribution < 1.29 is 9.53 Å². The van der Waals surface area contributed by atoms with Crippen molar-refractivity contribution in [3.63, 3.8) is 0 Å². The van der Waals surface area contributed by atoms with E-state index in [9.17, 15) is 4.79 Å². The summed E-state index contributed by atoms with van der Waals surface area (Å²) in [5.74, 6) is 1.67. The van der Waals surface area contributed by atoms with Gasteiger partial charge in [0.25, 0.3) is 5.91 Å². The van der Waals surface area contributed by atoms with E-state index in [4.69, 9.17) is 4.74 Å². The summed E-state index contributed by atoms with van der Waals surface area (Å²) in [5.41, 5.74) is 2.92. The van der Waals surface area contributed by atoms with E-state index in [-0.39, 0.29) is 5.91 Å². The number of nitrogens with zero attached hydrogens (tertiary/aromatic N) is 3. The summed E-state index contributed by atoms with van der Waals surface area (Å²) in [6.07, 6.45) is 0. The van der Waals surface area contributed by atoms with Gasteiger partial charge in [0, 0.05) is 58.1 Å². The third-order valence-corrected chi connectivity index (χ3v) is 5.10. The largest absolute Gasteiger partial charge is 0.497 e. The van der Waals surface area contributed by atoms with Crippen LogP contribution in [-0.2, 0) is 6.54 Å². The predicted molar refractivity (Wildman–Crippen MR) is 117 cm³/mol. The minimum atomic E-state index is -0.0779. The highest BCUT2D eigenvalue weighted by Gasteiger charge is 2.20. The lowest BCUT2D eigenvalue weighted by molar-refractivity contribution is 0.0963. The van der Waals surface area contributed by atoms with E-state index in [2.05, 4.69) is 37.6 Å². The normalized spacial score (nSPS) is 14.5. The van der Waals surface area contributed by atoms with Crippen LogP contribution in [0, 0.1) is 0 Å². The molecular weight excluding hydrogens is 366 g/mol. The first-order valence-corrected chi connectivity index (χ1v) is 9.80. The third kappa shape index (κ3) is 5.19. The van der Waals surface area contributed by atoms with Gasteiger partial charge in [-0.05, 0) is 42.0 Å². The Morgan fingerprint density at radius 2 is 1.83 bits per heavy atom. The van der Waals surface area contributed by atoms with E-state index in [0.29, 0.717) is 12.1 Å². The van der Waals surface area contributed by atoms with Crippen LogP contribution >= 0.6 is 0 Å². The Bertz CT molecular complexity index is 843. The van der Waals surface area contributed by atoms with E-state index in [0.717, 1.165) is 43.5 Å². The number of ether oxygens (including phenoxy) is 1. The number of amides is 1. The summed E-state index contributed by atoms with van der Waals surface area (Å²) in [5, 5.41) is 6.08. The number of guanidine groups is 1. The van der Waals surface area contributed by atoms with Crippen LogP contribution in [-0.4, -0.2) is 64.2 Å². The topological polar surface area (TPSA) is 69.2 Å². The number of benzene rings is 2. The first kappa shape index (κ1) is 20.5. The van der Waals surface area contributed by atoms with E-state index < -0.39 is 0 Å². The first-order valence-electron chi connectivity index (χ1n) is 9.80. The summed E-state index contributed by atoms with van der Waals surface area (Å²) in [7, 11) is 5.13. The number of methoxy groups -OCH3 is 1. The third-order valence-electron chi connectivity index (χ3n) is 5.10. The Morgan fingerprint density at radius 3 is 2.45 bits per heavy atom. The zero-order chi connectivity index (χ0) is 20.6. The number of nitrogens with one attached hydrogen (secondary N) is 2. The van der Waals surface area contributed by atoms with Gasteiger partial charge in [0.1, 0.15) is 5.75 Å². The molecule has 7 heteroatoms. The number of hydrogen-bond acceptors (Lipinski definition) is 4. The summed E-state index contributed by atoms with van der Waals surface area (Å²) >= 11 is 0. The zero-order valence-corrected chi connectivity index (χ0v) is 17.3. The van der Waals surface area contributed by atoms with Gasteiger partial charge in [-0.2, -0.15) is 0 Å². The molecule has 2 aromatic rings. The summed E-state index contributed by atoms with van der Waals surface area (Å²) in [4.78, 5) is 20.9. The van der Waals surface area contributed by atoms with E-state index in [1.165, 1.54) is 5.69 Å². The van der Waals surface area contributed by atoms with Crippen LogP contribution in [0.2, 0.25) is 0 Å². The van der Waals surface area contributed by atoms with Crippen molar-refractivity contribution in [2.24, 2.45) is 4.99 Å². The highest BCUT2D eigenvalue weighted by Crippen LogP contribution is 2.20. The lowest BCUT2D eigenvalue weighted by Crippen LogP contribution is -2.52. The molecule has 1 aliphatic heterocycles. The molecule has 0 aliphatic carbocycles. The Morgan fingerprint density at radius 1 is 1.10 bits per heavy atom. The van der Waals surface area contributed by atoms with Crippen LogP contribution in [0.3, 0.4) is 0 Å². The van der Waals surface area contributed by atoms with Gasteiger partial charge in [-0.25, -0.2) is 0 Å². The average Bonchev–Trinajstić information content (AvgIpc) is 2.79. The fourth-order valence-corrected chi connectivity index (χ4v) is 3.45. The predicted octanol–water partition coefficient (Wildman–Crippen LogP) is 1.95. The van der Waals surface area contributed by atoms with Gasteiger partial charge in [0.15, 0.2) is 5.96 Å². The average molecular weight is 396 g/mol. The van der Waals surface area contributed by atoms with Crippen LogP contribution in [0.25, 0.3) is 0 Å². The number of aliphatic imine (C=N–C) groups is 1. The summed E-state index contributed by atoms with van der Waals surface area (Å²) in [6.45, 7) is 4.27. The molecule has 2 N–H and O–H groups in total. The minimum absolute atomic E-state index is 0.0779. The van der Waals surface area contributed by atoms with Crippen molar-refractivity contribution in [2.45, 2.75) is 6.54 Å². The van der Waals surface area contributed by atoms with Crippen molar-refractivity contribution in [3.8, 4) is 5.75 Å². The Labute approximate surface area is 172 Å². The second kappa shape index (κ2) is 9.82. The molecule has 3 rings (SSSR count). The number of piperazine rings is 1. The van der Waals surface area contributed by atoms with Gasteiger partial charge >= 0.3 is 0 Å². The number of hydrogen-bond donors (Lipinski definition) is 2. The Balaban J connectivity index is 1.54. The highest BCUT2D eigenvalue weighted by atomic mass is 16.5. The highest BCUT2D eigenvalue weighted by molar-refractivity contribution is 5.94. The molecule has 154 valence electrons. The maximum absolute atomic E-state index is 11.8. The molecule has 1 saturated heterocycles. The molecule has 29 heavy (non-hydrogen) atoms. The summed E-state index contributed by atoms with van der Waals surface area (Å²) in [6, 6.07) is 15.8. The second-order valence-electron chi connectivity index (χ2n) is 6.85. The lowest BCUT2D eigenvalue weighted by atomic mass is 10.1. The van der Waals surface area contributed by atoms with E-state index in [1.807, 2.05) is 36.4 Å². The van der Waals surface area contributed by atoms with Crippen LogP contribution in [0.1, 0.15) is 15.9 Å². The number of anilines is 1. The van der Waals surface area contributed by atoms with Crippen LogP contribution in [0.5, 0.6) is 5.75 Å². The number of carbonyl (C=O) groups is 1. The van der Waals surface area contributed by atoms with Crippen molar-refractivity contribution in [2.75, 3.05) is 52.3 Å². The van der Waals surface area contributed by atoms with Crippen molar-refractivity contribution in [1.82, 2.24) is 15.5 Å². The van der Waals surface area contributed by atoms with Gasteiger partial charge < -0.3 is 25.2 Å². The molecule has 1 fully saturated rings. The Kier molecular flexibility index (Phi) is 6.94. The van der Waals surface area contributed by atoms with Gasteiger partial charge in [-0.3, -0.25) is 9.79 Å². The van der Waals surface area contributed by atoms with Crippen molar-refractivity contribution >= 4 is 17.6 Å². The monoisotopic (exact) mass is 395 g/mol. The number of carbonyl (C=O) groups excluding carboxylic acids is 1. The number of rotatable bonds is 5. The molecule has 0 radical (unpaired) electrons. The van der Waals surface area contributed by atoms with Crippen LogP contribution in [0.4, 0.5) is 5.69 Å². The molecule has 1 amide bonds. The van der Waals surface area contributed by atoms with Gasteiger partial charge in [-0.15, -0.1) is 0 Å². The van der Waals surface area contributed by atoms with Crippen LogP contribution in [0.15, 0.2) is 53.5 Å². The molecule has 0 unspecified atom stereocenters. The molecule has 0 aromatic heterocycles. The Hall–Kier alpha value is -3.22. The fourth-order valence-electron chi connectivity index (χ4n) is 3.45. The molecular formula is C22H29N5O2. The fraction of sp³-hybridized carbons (Fsp3) is 0.364. The standard InChI is InChI=1S/C22H29N5O2/c1-23-21(28)18-6-4-5-17(15-18)16-25-22(24-2)27-13-11-26(12-14-27)19-7-9-20(29-3)10-8-19/h4-10,15H,11-14,16H2,1-3H3,(H,23,28)(H,24,25). The molecule has 0 spiro atoms. The van der Waals surface area contributed by atoms with Crippen molar-refractivity contribution in [3.05, 3.63) is 59.7 Å². The van der Waals surface area contributed by atoms with E-state index >= 15 is 0 Å². The maximum Gasteiger partial charge on any atom is 0.251 e. The van der Waals surface area contributed by atoms with E-state index in [1.54, 1.807) is 21.2 Å². The molecule has 2 aromatic carbocycles. The van der Waals surface area contributed by atoms with Gasteiger partial charge in [-0.1, -0.05) is 12.1 Å². The molecule has 0 bridgehead atoms. The molecule has 0 saturated carbocycles. The SMILES string of the molecule is CN=C(NCc1cccc(C(=O)NC)c1)N1CCN(c2ccc(OC)cc2)CC1. The quantitative estimate of drug-likeness (QED) is 0.598. The zero-order valence-electron chi connectivity index (χ0n) is 17.3. The molecule has 1 heterocycles. The van der Waals surface area contributed by atoms with Gasteiger partial charge in [0.2, 0.25) is 0 Å². The van der Waals surface area contributed by atoms with Crippen LogP contribution < -0.4 is 20.3 Å². The second-order valence-corrected chi connectivity index (χ2v) is 6.85. The first-order chi connectivity index (χ1) is 14.1. The lowest BCUT2D eigenvalue weighted by Gasteiger charge is -2.37. The summed E-state index contributed by atoms with van der Waals surface area (Å²) < 4.78 is 5.24. The molecule has 1 aliphatic rings. The van der Waals surface area contributed by atoms with Crippen molar-refractivity contribution in [1.29, 1.82) is 0 Å².